The molecule has 0 aromatic carbocycles. The smallest absolute Gasteiger partial charge is 0.354 e. The summed E-state index contributed by atoms with van der Waals surface area (Å²) in [5, 5.41) is 0.898. The maximum atomic E-state index is 12.5. The SMILES string of the molecule is FC(F)(F)c1ccc(N2CCCCC2CCBr)nc1. The van der Waals surface area contributed by atoms with E-state index in [9.17, 15) is 13.2 Å². The molecule has 0 spiro atoms. The van der Waals surface area contributed by atoms with Gasteiger partial charge in [0.15, 0.2) is 0 Å². The van der Waals surface area contributed by atoms with Gasteiger partial charge in [-0.3, -0.25) is 0 Å². The Morgan fingerprint density at radius 3 is 2.68 bits per heavy atom. The fraction of sp³-hybridized carbons (Fsp3) is 0.615. The number of piperidine rings is 1. The third kappa shape index (κ3) is 3.61. The number of hydrogen-bond donors (Lipinski definition) is 0. The molecule has 0 aliphatic carbocycles. The zero-order valence-electron chi connectivity index (χ0n) is 10.5. The van der Waals surface area contributed by atoms with Crippen LogP contribution in [0.25, 0.3) is 0 Å². The Kier molecular flexibility index (Phi) is 4.71. The first-order chi connectivity index (χ1) is 9.02. The van der Waals surface area contributed by atoms with Crippen molar-refractivity contribution in [2.45, 2.75) is 37.9 Å². The minimum absolute atomic E-state index is 0.373. The van der Waals surface area contributed by atoms with Crippen molar-refractivity contribution < 1.29 is 13.2 Å². The van der Waals surface area contributed by atoms with Crippen molar-refractivity contribution >= 4 is 21.7 Å². The van der Waals surface area contributed by atoms with Crippen molar-refractivity contribution in [3.63, 3.8) is 0 Å². The topological polar surface area (TPSA) is 16.1 Å². The van der Waals surface area contributed by atoms with E-state index in [4.69, 9.17) is 0 Å². The summed E-state index contributed by atoms with van der Waals surface area (Å²) in [6.07, 6.45) is 0.922. The van der Waals surface area contributed by atoms with Crippen molar-refractivity contribution in [1.82, 2.24) is 4.98 Å². The normalized spacial score (nSPS) is 20.6. The first-order valence-electron chi connectivity index (χ1n) is 6.38. The van der Waals surface area contributed by atoms with Gasteiger partial charge in [0.1, 0.15) is 5.82 Å². The largest absolute Gasteiger partial charge is 0.417 e. The predicted molar refractivity (Wildman–Crippen MR) is 72.6 cm³/mol. The number of halogens is 4. The van der Waals surface area contributed by atoms with E-state index in [1.54, 1.807) is 0 Å². The van der Waals surface area contributed by atoms with Crippen LogP contribution in [0.15, 0.2) is 18.3 Å². The van der Waals surface area contributed by atoms with Gasteiger partial charge in [0.25, 0.3) is 0 Å². The van der Waals surface area contributed by atoms with Crippen LogP contribution in [0.1, 0.15) is 31.2 Å². The molecule has 0 bridgehead atoms. The first kappa shape index (κ1) is 14.6. The molecule has 1 aromatic heterocycles. The highest BCUT2D eigenvalue weighted by Crippen LogP contribution is 2.31. The van der Waals surface area contributed by atoms with Crippen molar-refractivity contribution in [2.75, 3.05) is 16.8 Å². The lowest BCUT2D eigenvalue weighted by atomic mass is 10.00. The van der Waals surface area contributed by atoms with E-state index in [0.29, 0.717) is 11.9 Å². The number of pyridine rings is 1. The number of aromatic nitrogens is 1. The Hall–Kier alpha value is -0.780. The monoisotopic (exact) mass is 336 g/mol. The van der Waals surface area contributed by atoms with Crippen LogP contribution in [0.3, 0.4) is 0 Å². The maximum absolute atomic E-state index is 12.5. The van der Waals surface area contributed by atoms with E-state index < -0.39 is 11.7 Å². The molecule has 1 fully saturated rings. The van der Waals surface area contributed by atoms with Gasteiger partial charge in [0, 0.05) is 24.1 Å². The minimum atomic E-state index is -4.32. The van der Waals surface area contributed by atoms with Gasteiger partial charge in [0.2, 0.25) is 0 Å². The molecule has 1 aliphatic heterocycles. The third-order valence-corrected chi connectivity index (χ3v) is 3.90. The average molecular weight is 337 g/mol. The number of rotatable bonds is 3. The summed E-state index contributed by atoms with van der Waals surface area (Å²) in [6, 6.07) is 2.97. The molecular weight excluding hydrogens is 321 g/mol. The highest BCUT2D eigenvalue weighted by molar-refractivity contribution is 9.09. The van der Waals surface area contributed by atoms with E-state index in [1.807, 2.05) is 0 Å². The van der Waals surface area contributed by atoms with Crippen LogP contribution >= 0.6 is 15.9 Å². The number of anilines is 1. The second-order valence-corrected chi connectivity index (χ2v) is 5.52. The predicted octanol–water partition coefficient (Wildman–Crippen LogP) is 4.24. The van der Waals surface area contributed by atoms with Crippen LogP contribution in [0.4, 0.5) is 19.0 Å². The van der Waals surface area contributed by atoms with Crippen LogP contribution < -0.4 is 4.90 Å². The quantitative estimate of drug-likeness (QED) is 0.767. The van der Waals surface area contributed by atoms with Crippen LogP contribution in [0, 0.1) is 0 Å². The number of alkyl halides is 4. The van der Waals surface area contributed by atoms with Gasteiger partial charge in [-0.1, -0.05) is 15.9 Å². The molecule has 2 heterocycles. The van der Waals surface area contributed by atoms with E-state index in [2.05, 4.69) is 25.8 Å². The van der Waals surface area contributed by atoms with E-state index in [0.717, 1.165) is 43.4 Å². The molecule has 2 rings (SSSR count). The highest BCUT2D eigenvalue weighted by atomic mass is 79.9. The molecule has 0 N–H and O–H groups in total. The Morgan fingerprint density at radius 1 is 1.32 bits per heavy atom. The summed E-state index contributed by atoms with van der Waals surface area (Å²) in [7, 11) is 0. The zero-order valence-corrected chi connectivity index (χ0v) is 12.0. The standard InChI is InChI=1S/C13H16BrF3N2/c14-7-6-11-3-1-2-8-19(11)12-5-4-10(9-18-12)13(15,16)17/h4-5,9,11H,1-3,6-8H2. The van der Waals surface area contributed by atoms with E-state index >= 15 is 0 Å². The lowest BCUT2D eigenvalue weighted by molar-refractivity contribution is -0.137. The van der Waals surface area contributed by atoms with Crippen LogP contribution in [-0.2, 0) is 6.18 Å². The van der Waals surface area contributed by atoms with Crippen molar-refractivity contribution in [3.8, 4) is 0 Å². The third-order valence-electron chi connectivity index (χ3n) is 3.44. The molecule has 0 radical (unpaired) electrons. The summed E-state index contributed by atoms with van der Waals surface area (Å²) < 4.78 is 37.5. The molecule has 1 saturated heterocycles. The maximum Gasteiger partial charge on any atom is 0.417 e. The lowest BCUT2D eigenvalue weighted by Crippen LogP contribution is -2.40. The molecule has 1 aliphatic rings. The van der Waals surface area contributed by atoms with Gasteiger partial charge >= 0.3 is 6.18 Å². The van der Waals surface area contributed by atoms with E-state index in [-0.39, 0.29) is 0 Å². The molecule has 0 amide bonds. The van der Waals surface area contributed by atoms with E-state index in [1.165, 1.54) is 12.5 Å². The summed E-state index contributed by atoms with van der Waals surface area (Å²) in [5.74, 6) is 0.652. The summed E-state index contributed by atoms with van der Waals surface area (Å²) in [5.41, 5.74) is -0.690. The summed E-state index contributed by atoms with van der Waals surface area (Å²) in [4.78, 5) is 6.12. The fourth-order valence-corrected chi connectivity index (χ4v) is 2.98. The average Bonchev–Trinajstić information content (AvgIpc) is 2.39. The van der Waals surface area contributed by atoms with Crippen molar-refractivity contribution in [1.29, 1.82) is 0 Å². The fourth-order valence-electron chi connectivity index (χ4n) is 2.45. The van der Waals surface area contributed by atoms with Gasteiger partial charge in [-0.05, 0) is 37.8 Å². The van der Waals surface area contributed by atoms with Crippen LogP contribution in [0.2, 0.25) is 0 Å². The molecule has 0 saturated carbocycles. The molecule has 6 heteroatoms. The molecule has 106 valence electrons. The molecular formula is C13H16BrF3N2. The van der Waals surface area contributed by atoms with Crippen molar-refractivity contribution in [3.05, 3.63) is 23.9 Å². The second-order valence-electron chi connectivity index (χ2n) is 4.72. The van der Waals surface area contributed by atoms with Crippen LogP contribution in [-0.4, -0.2) is 22.9 Å². The minimum Gasteiger partial charge on any atom is -0.354 e. The second kappa shape index (κ2) is 6.11. The van der Waals surface area contributed by atoms with Gasteiger partial charge in [0.05, 0.1) is 5.56 Å². The number of nitrogens with zero attached hydrogens (tertiary/aromatic N) is 2. The summed E-state index contributed by atoms with van der Waals surface area (Å²) in [6.45, 7) is 0.871. The lowest BCUT2D eigenvalue weighted by Gasteiger charge is -2.36. The van der Waals surface area contributed by atoms with Crippen molar-refractivity contribution in [2.24, 2.45) is 0 Å². The van der Waals surface area contributed by atoms with Gasteiger partial charge in [-0.25, -0.2) is 4.98 Å². The Labute approximate surface area is 119 Å². The van der Waals surface area contributed by atoms with Gasteiger partial charge in [-0.2, -0.15) is 13.2 Å². The molecule has 2 nitrogen and oxygen atoms in total. The summed E-state index contributed by atoms with van der Waals surface area (Å²) >= 11 is 3.43. The van der Waals surface area contributed by atoms with Gasteiger partial charge in [-0.15, -0.1) is 0 Å². The number of hydrogen-bond acceptors (Lipinski definition) is 2. The highest BCUT2D eigenvalue weighted by Gasteiger charge is 2.31. The molecule has 19 heavy (non-hydrogen) atoms. The molecule has 1 atom stereocenters. The zero-order chi connectivity index (χ0) is 13.9. The Balaban J connectivity index is 2.15. The molecule has 1 unspecified atom stereocenters. The molecule has 1 aromatic rings. The Morgan fingerprint density at radius 2 is 2.11 bits per heavy atom. The first-order valence-corrected chi connectivity index (χ1v) is 7.50. The Bertz CT molecular complexity index is 403. The van der Waals surface area contributed by atoms with Gasteiger partial charge < -0.3 is 4.90 Å². The van der Waals surface area contributed by atoms with Crippen LogP contribution in [0.5, 0.6) is 0 Å².